The third-order valence-electron chi connectivity index (χ3n) is 5.39. The van der Waals surface area contributed by atoms with Crippen LogP contribution in [0.15, 0.2) is 49.2 Å². The number of alkyl halides is 3. The predicted octanol–water partition coefficient (Wildman–Crippen LogP) is 4.11. The highest BCUT2D eigenvalue weighted by Gasteiger charge is 2.44. The largest absolute Gasteiger partial charge is 0.416 e. The van der Waals surface area contributed by atoms with Crippen LogP contribution in [-0.2, 0) is 11.6 Å². The third kappa shape index (κ3) is 4.17. The second-order valence-electron chi connectivity index (χ2n) is 7.60. The van der Waals surface area contributed by atoms with Gasteiger partial charge >= 0.3 is 6.18 Å². The number of halogens is 3. The van der Waals surface area contributed by atoms with Crippen LogP contribution in [0, 0.1) is 12.3 Å². The van der Waals surface area contributed by atoms with Crippen molar-refractivity contribution in [2.24, 2.45) is 0 Å². The van der Waals surface area contributed by atoms with Gasteiger partial charge in [-0.3, -0.25) is 24.7 Å². The fourth-order valence-electron chi connectivity index (χ4n) is 3.47. The molecule has 1 fully saturated rings. The Kier molecular flexibility index (Phi) is 5.38. The van der Waals surface area contributed by atoms with Crippen LogP contribution in [0.3, 0.4) is 0 Å². The van der Waals surface area contributed by atoms with Crippen molar-refractivity contribution < 1.29 is 18.0 Å². The molecule has 6 nitrogen and oxygen atoms in total. The molecule has 32 heavy (non-hydrogen) atoms. The molecular weight excluding hydrogens is 419 g/mol. The fourth-order valence-corrected chi connectivity index (χ4v) is 3.47. The van der Waals surface area contributed by atoms with Gasteiger partial charge in [-0.25, -0.2) is 0 Å². The zero-order valence-electron chi connectivity index (χ0n) is 17.0. The topological polar surface area (TPSA) is 80.7 Å². The van der Waals surface area contributed by atoms with E-state index in [1.165, 1.54) is 37.1 Å². The number of terminal acetylenes is 1. The van der Waals surface area contributed by atoms with Gasteiger partial charge in [-0.1, -0.05) is 5.92 Å². The lowest BCUT2D eigenvalue weighted by atomic mass is 9.92. The van der Waals surface area contributed by atoms with Crippen molar-refractivity contribution >= 4 is 5.91 Å². The Balaban J connectivity index is 1.66. The molecule has 1 amide bonds. The summed E-state index contributed by atoms with van der Waals surface area (Å²) in [7, 11) is 0. The average Bonchev–Trinajstić information content (AvgIpc) is 3.60. The van der Waals surface area contributed by atoms with Crippen molar-refractivity contribution in [3.63, 3.8) is 0 Å². The zero-order chi connectivity index (χ0) is 22.9. The number of hydrogen-bond donors (Lipinski definition) is 1. The van der Waals surface area contributed by atoms with Gasteiger partial charge < -0.3 is 5.32 Å². The normalized spacial score (nSPS) is 15.5. The summed E-state index contributed by atoms with van der Waals surface area (Å²) in [6.07, 6.45) is 9.59. The quantitative estimate of drug-likeness (QED) is 0.608. The van der Waals surface area contributed by atoms with E-state index in [1.54, 1.807) is 6.92 Å². The van der Waals surface area contributed by atoms with Gasteiger partial charge in [-0.15, -0.1) is 6.42 Å². The standard InChI is InChI=1S/C23H18F3N5O/c1-3-22(4-5-22)16-10-15(11-17(12-16)23(24,25)26)21(32)31-14(2)19-20(30-9-8-29-19)18-13-27-6-7-28-18/h1,6-14H,4-5H2,2H3,(H,31,32). The number of carbonyl (C=O) groups excluding carboxylic acids is 1. The highest BCUT2D eigenvalue weighted by atomic mass is 19.4. The van der Waals surface area contributed by atoms with Gasteiger partial charge in [0, 0.05) is 30.4 Å². The number of carbonyl (C=O) groups is 1. The van der Waals surface area contributed by atoms with Crippen LogP contribution >= 0.6 is 0 Å². The summed E-state index contributed by atoms with van der Waals surface area (Å²) in [5, 5.41) is 2.71. The monoisotopic (exact) mass is 437 g/mol. The average molecular weight is 437 g/mol. The first kappa shape index (κ1) is 21.4. The van der Waals surface area contributed by atoms with Crippen molar-refractivity contribution in [3.8, 4) is 23.7 Å². The van der Waals surface area contributed by atoms with Crippen LogP contribution in [0.2, 0.25) is 0 Å². The molecule has 0 radical (unpaired) electrons. The SMILES string of the molecule is C#CC1(c2cc(C(=O)NC(C)c3nccnc3-c3cnccn3)cc(C(F)(F)F)c2)CC1. The molecule has 162 valence electrons. The van der Waals surface area contributed by atoms with Crippen LogP contribution in [0.5, 0.6) is 0 Å². The van der Waals surface area contributed by atoms with E-state index in [9.17, 15) is 18.0 Å². The Hall–Kier alpha value is -3.80. The Morgan fingerprint density at radius 1 is 1.12 bits per heavy atom. The Labute approximate surface area is 182 Å². The number of hydrogen-bond acceptors (Lipinski definition) is 5. The molecule has 1 atom stereocenters. The van der Waals surface area contributed by atoms with Crippen molar-refractivity contribution in [1.82, 2.24) is 25.3 Å². The molecule has 1 aromatic carbocycles. The number of benzene rings is 1. The zero-order valence-corrected chi connectivity index (χ0v) is 17.0. The van der Waals surface area contributed by atoms with Gasteiger partial charge in [-0.2, -0.15) is 13.2 Å². The van der Waals surface area contributed by atoms with E-state index >= 15 is 0 Å². The smallest absolute Gasteiger partial charge is 0.344 e. The highest BCUT2D eigenvalue weighted by molar-refractivity contribution is 5.95. The molecule has 3 aromatic rings. The minimum atomic E-state index is -4.61. The molecule has 0 aliphatic heterocycles. The summed E-state index contributed by atoms with van der Waals surface area (Å²) in [6.45, 7) is 1.67. The van der Waals surface area contributed by atoms with Gasteiger partial charge in [0.05, 0.1) is 28.9 Å². The van der Waals surface area contributed by atoms with E-state index in [-0.39, 0.29) is 5.56 Å². The van der Waals surface area contributed by atoms with Crippen molar-refractivity contribution in [3.05, 3.63) is 71.6 Å². The highest BCUT2D eigenvalue weighted by Crippen LogP contribution is 2.48. The minimum Gasteiger partial charge on any atom is -0.344 e. The van der Waals surface area contributed by atoms with E-state index in [0.717, 1.165) is 12.1 Å². The molecule has 1 aliphatic carbocycles. The summed E-state index contributed by atoms with van der Waals surface area (Å²) in [5.74, 6) is 1.90. The van der Waals surface area contributed by atoms with E-state index in [1.807, 2.05) is 0 Å². The van der Waals surface area contributed by atoms with Crippen molar-refractivity contribution in [1.29, 1.82) is 0 Å². The Morgan fingerprint density at radius 2 is 1.84 bits per heavy atom. The summed E-state index contributed by atoms with van der Waals surface area (Å²) >= 11 is 0. The molecule has 9 heteroatoms. The van der Waals surface area contributed by atoms with Crippen LogP contribution < -0.4 is 5.32 Å². The number of nitrogens with zero attached hydrogens (tertiary/aromatic N) is 4. The van der Waals surface area contributed by atoms with E-state index in [4.69, 9.17) is 6.42 Å². The lowest BCUT2D eigenvalue weighted by Crippen LogP contribution is -2.28. The van der Waals surface area contributed by atoms with Crippen LogP contribution in [0.1, 0.15) is 53.0 Å². The maximum atomic E-state index is 13.5. The van der Waals surface area contributed by atoms with E-state index < -0.39 is 29.1 Å². The lowest BCUT2D eigenvalue weighted by molar-refractivity contribution is -0.137. The third-order valence-corrected chi connectivity index (χ3v) is 5.39. The summed E-state index contributed by atoms with van der Waals surface area (Å²) in [5.41, 5.74) is -0.151. The number of aromatic nitrogens is 4. The van der Waals surface area contributed by atoms with Gasteiger partial charge in [0.1, 0.15) is 11.4 Å². The van der Waals surface area contributed by atoms with Gasteiger partial charge in [0.25, 0.3) is 5.91 Å². The summed E-state index contributed by atoms with van der Waals surface area (Å²) < 4.78 is 40.4. The molecule has 0 spiro atoms. The van der Waals surface area contributed by atoms with Crippen molar-refractivity contribution in [2.45, 2.75) is 37.4 Å². The molecule has 1 unspecified atom stereocenters. The molecule has 0 bridgehead atoms. The van der Waals surface area contributed by atoms with Crippen molar-refractivity contribution in [2.75, 3.05) is 0 Å². The first-order chi connectivity index (χ1) is 15.2. The molecule has 2 heterocycles. The molecule has 1 aliphatic rings. The molecule has 0 saturated heterocycles. The van der Waals surface area contributed by atoms with Crippen LogP contribution in [0.25, 0.3) is 11.4 Å². The molecule has 1 saturated carbocycles. The Bertz CT molecular complexity index is 1200. The summed E-state index contributed by atoms with van der Waals surface area (Å²) in [4.78, 5) is 29.7. The molecule has 4 rings (SSSR count). The molecule has 2 aromatic heterocycles. The first-order valence-corrected chi connectivity index (χ1v) is 9.82. The maximum Gasteiger partial charge on any atom is 0.416 e. The van der Waals surface area contributed by atoms with Gasteiger partial charge in [0.15, 0.2) is 0 Å². The Morgan fingerprint density at radius 3 is 2.47 bits per heavy atom. The predicted molar refractivity (Wildman–Crippen MR) is 110 cm³/mol. The summed E-state index contributed by atoms with van der Waals surface area (Å²) in [6, 6.07) is 2.64. The second kappa shape index (κ2) is 8.04. The second-order valence-corrected chi connectivity index (χ2v) is 7.60. The van der Waals surface area contributed by atoms with E-state index in [2.05, 4.69) is 31.2 Å². The van der Waals surface area contributed by atoms with Crippen LogP contribution in [-0.4, -0.2) is 25.8 Å². The number of nitrogens with one attached hydrogen (secondary N) is 1. The molecule has 1 N–H and O–H groups in total. The van der Waals surface area contributed by atoms with Crippen LogP contribution in [0.4, 0.5) is 13.2 Å². The first-order valence-electron chi connectivity index (χ1n) is 9.82. The van der Waals surface area contributed by atoms with Gasteiger partial charge in [0.2, 0.25) is 0 Å². The van der Waals surface area contributed by atoms with Gasteiger partial charge in [-0.05, 0) is 43.5 Å². The van der Waals surface area contributed by atoms with E-state index in [0.29, 0.717) is 35.5 Å². The maximum absolute atomic E-state index is 13.5. The number of rotatable bonds is 5. The lowest BCUT2D eigenvalue weighted by Gasteiger charge is -2.18. The molecular formula is C23H18F3N5O. The number of amides is 1. The minimum absolute atomic E-state index is 0.117. The fraction of sp³-hybridized carbons (Fsp3) is 0.261.